The fourth-order valence-electron chi connectivity index (χ4n) is 2.89. The molecule has 7 heteroatoms. The Bertz CT molecular complexity index is 1020. The maximum Gasteiger partial charge on any atom is 0.239 e. The molecular formula is C24H26N4O3. The van der Waals surface area contributed by atoms with Crippen molar-refractivity contribution in [2.75, 3.05) is 30.8 Å². The van der Waals surface area contributed by atoms with Gasteiger partial charge in [-0.2, -0.15) is 0 Å². The van der Waals surface area contributed by atoms with E-state index in [1.807, 2.05) is 55.5 Å². The predicted octanol–water partition coefficient (Wildman–Crippen LogP) is 4.08. The molecule has 3 rings (SSSR count). The Morgan fingerprint density at radius 1 is 0.968 bits per heavy atom. The highest BCUT2D eigenvalue weighted by Crippen LogP contribution is 2.29. The van der Waals surface area contributed by atoms with Gasteiger partial charge in [-0.25, -0.2) is 4.98 Å². The minimum absolute atomic E-state index is 0.156. The smallest absolute Gasteiger partial charge is 0.239 e. The molecule has 0 bridgehead atoms. The highest BCUT2D eigenvalue weighted by atomic mass is 16.5. The number of hydrogen-bond donors (Lipinski definition) is 2. The lowest BCUT2D eigenvalue weighted by molar-refractivity contribution is -0.119. The molecule has 0 aliphatic rings. The Labute approximate surface area is 182 Å². The van der Waals surface area contributed by atoms with E-state index in [2.05, 4.69) is 15.6 Å². The number of carbonyl (C=O) groups excluding carboxylic acids is 2. The molecule has 2 amide bonds. The number of carbonyl (C=O) groups is 2. The average molecular weight is 418 g/mol. The molecule has 1 aromatic heterocycles. The lowest BCUT2D eigenvalue weighted by atomic mass is 10.2. The van der Waals surface area contributed by atoms with Crippen molar-refractivity contribution in [3.05, 3.63) is 78.5 Å². The maximum absolute atomic E-state index is 12.4. The van der Waals surface area contributed by atoms with Crippen molar-refractivity contribution >= 4 is 23.3 Å². The maximum atomic E-state index is 12.4. The van der Waals surface area contributed by atoms with E-state index >= 15 is 0 Å². The molecule has 0 radical (unpaired) electrons. The van der Waals surface area contributed by atoms with Gasteiger partial charge in [-0.1, -0.05) is 30.3 Å². The second-order valence-electron chi connectivity index (χ2n) is 7.21. The van der Waals surface area contributed by atoms with Gasteiger partial charge in [0.15, 0.2) is 5.75 Å². The van der Waals surface area contributed by atoms with Crippen molar-refractivity contribution in [2.45, 2.75) is 13.3 Å². The summed E-state index contributed by atoms with van der Waals surface area (Å²) in [6.45, 7) is 2.53. The zero-order chi connectivity index (χ0) is 22.1. The van der Waals surface area contributed by atoms with Crippen LogP contribution in [-0.4, -0.2) is 41.8 Å². The first-order valence-corrected chi connectivity index (χ1v) is 10.0. The number of amides is 2. The lowest BCUT2D eigenvalue weighted by Crippen LogP contribution is -2.32. The number of benzene rings is 2. The summed E-state index contributed by atoms with van der Waals surface area (Å²) in [5.41, 5.74) is 1.62. The first-order valence-electron chi connectivity index (χ1n) is 10.0. The quantitative estimate of drug-likeness (QED) is 0.547. The molecule has 1 heterocycles. The van der Waals surface area contributed by atoms with E-state index in [1.165, 1.54) is 0 Å². The monoisotopic (exact) mass is 418 g/mol. The number of pyridine rings is 1. The molecule has 7 nitrogen and oxygen atoms in total. The van der Waals surface area contributed by atoms with Crippen LogP contribution in [0.4, 0.5) is 11.5 Å². The summed E-state index contributed by atoms with van der Waals surface area (Å²) in [6.07, 6.45) is 1.89. The van der Waals surface area contributed by atoms with Crippen LogP contribution in [-0.2, 0) is 9.59 Å². The Morgan fingerprint density at radius 2 is 1.71 bits per heavy atom. The van der Waals surface area contributed by atoms with Crippen LogP contribution in [0.1, 0.15) is 12.0 Å². The molecule has 0 spiro atoms. The topological polar surface area (TPSA) is 83.6 Å². The summed E-state index contributed by atoms with van der Waals surface area (Å²) in [7, 11) is 1.79. The molecule has 0 saturated carbocycles. The largest absolute Gasteiger partial charge is 0.455 e. The zero-order valence-electron chi connectivity index (χ0n) is 17.7. The fourth-order valence-corrected chi connectivity index (χ4v) is 2.89. The van der Waals surface area contributed by atoms with Gasteiger partial charge in [0.2, 0.25) is 11.8 Å². The van der Waals surface area contributed by atoms with Crippen LogP contribution in [0.25, 0.3) is 0 Å². The fraction of sp³-hybridized carbons (Fsp3) is 0.208. The molecular weight excluding hydrogens is 392 g/mol. The van der Waals surface area contributed by atoms with Crippen LogP contribution in [0, 0.1) is 6.92 Å². The van der Waals surface area contributed by atoms with E-state index < -0.39 is 0 Å². The molecule has 31 heavy (non-hydrogen) atoms. The number of likely N-dealkylation sites (N-methyl/N-ethyl adjacent to an activating group) is 1. The highest BCUT2D eigenvalue weighted by Gasteiger charge is 2.12. The minimum Gasteiger partial charge on any atom is -0.455 e. The van der Waals surface area contributed by atoms with E-state index in [4.69, 9.17) is 4.74 Å². The number of ether oxygens (including phenoxy) is 1. The van der Waals surface area contributed by atoms with E-state index in [1.54, 1.807) is 36.3 Å². The first-order chi connectivity index (χ1) is 15.0. The summed E-state index contributed by atoms with van der Waals surface area (Å²) >= 11 is 0. The van der Waals surface area contributed by atoms with Crippen LogP contribution in [0.3, 0.4) is 0 Å². The van der Waals surface area contributed by atoms with Crippen LogP contribution in [0.5, 0.6) is 11.5 Å². The molecule has 2 N–H and O–H groups in total. The summed E-state index contributed by atoms with van der Waals surface area (Å²) in [5.74, 6) is 1.45. The van der Waals surface area contributed by atoms with E-state index in [-0.39, 0.29) is 24.8 Å². The third-order valence-electron chi connectivity index (χ3n) is 4.45. The van der Waals surface area contributed by atoms with Gasteiger partial charge in [0, 0.05) is 19.2 Å². The zero-order valence-corrected chi connectivity index (χ0v) is 17.7. The molecule has 0 saturated heterocycles. The predicted molar refractivity (Wildman–Crippen MR) is 121 cm³/mol. The number of aromatic nitrogens is 1. The summed E-state index contributed by atoms with van der Waals surface area (Å²) in [4.78, 5) is 30.5. The van der Waals surface area contributed by atoms with Gasteiger partial charge in [0.1, 0.15) is 11.6 Å². The van der Waals surface area contributed by atoms with Gasteiger partial charge in [0.25, 0.3) is 0 Å². The van der Waals surface area contributed by atoms with Crippen LogP contribution in [0.2, 0.25) is 0 Å². The molecule has 2 aromatic carbocycles. The molecule has 0 aliphatic carbocycles. The lowest BCUT2D eigenvalue weighted by Gasteiger charge is -2.16. The van der Waals surface area contributed by atoms with Crippen LogP contribution < -0.4 is 15.4 Å². The Hall–Kier alpha value is -3.71. The molecule has 0 unspecified atom stereocenters. The normalized spacial score (nSPS) is 10.5. The Kier molecular flexibility index (Phi) is 7.73. The first kappa shape index (κ1) is 22.0. The third-order valence-corrected chi connectivity index (χ3v) is 4.45. The van der Waals surface area contributed by atoms with Crippen LogP contribution in [0.15, 0.2) is 72.9 Å². The molecule has 0 fully saturated rings. The summed E-state index contributed by atoms with van der Waals surface area (Å²) < 4.78 is 5.87. The Morgan fingerprint density at radius 3 is 2.48 bits per heavy atom. The van der Waals surface area contributed by atoms with Gasteiger partial charge < -0.3 is 15.4 Å². The number of rotatable bonds is 9. The van der Waals surface area contributed by atoms with Gasteiger partial charge in [0.05, 0.1) is 12.2 Å². The average Bonchev–Trinajstić information content (AvgIpc) is 2.74. The van der Waals surface area contributed by atoms with Crippen molar-refractivity contribution in [3.8, 4) is 11.5 Å². The number of nitrogens with one attached hydrogen (secondary N) is 2. The van der Waals surface area contributed by atoms with Gasteiger partial charge in [-0.3, -0.25) is 14.5 Å². The molecule has 0 atom stereocenters. The van der Waals surface area contributed by atoms with E-state index in [9.17, 15) is 9.59 Å². The van der Waals surface area contributed by atoms with Crippen molar-refractivity contribution in [1.29, 1.82) is 0 Å². The van der Waals surface area contributed by atoms with Crippen molar-refractivity contribution in [1.82, 2.24) is 9.88 Å². The summed E-state index contributed by atoms with van der Waals surface area (Å²) in [6, 6.07) is 20.3. The third kappa shape index (κ3) is 7.24. The number of anilines is 2. The summed E-state index contributed by atoms with van der Waals surface area (Å²) in [5, 5.41) is 5.65. The number of nitrogens with zero attached hydrogens (tertiary/aromatic N) is 2. The van der Waals surface area contributed by atoms with Gasteiger partial charge in [-0.15, -0.1) is 0 Å². The van der Waals surface area contributed by atoms with Crippen molar-refractivity contribution in [2.24, 2.45) is 0 Å². The molecule has 0 aliphatic heterocycles. The van der Waals surface area contributed by atoms with Crippen molar-refractivity contribution in [3.63, 3.8) is 0 Å². The second kappa shape index (κ2) is 10.9. The van der Waals surface area contributed by atoms with E-state index in [0.717, 1.165) is 5.56 Å². The highest BCUT2D eigenvalue weighted by molar-refractivity contribution is 5.93. The standard InChI is InChI=1S/C24H26N4O3/c1-18-12-14-25-22(16-18)27-24(30)17-28(2)15-13-23(29)26-20-10-6-7-11-21(20)31-19-8-4-3-5-9-19/h3-12,14,16H,13,15,17H2,1-2H3,(H,26,29)(H,25,27,30). The van der Waals surface area contributed by atoms with Gasteiger partial charge >= 0.3 is 0 Å². The van der Waals surface area contributed by atoms with Crippen molar-refractivity contribution < 1.29 is 14.3 Å². The van der Waals surface area contributed by atoms with E-state index in [0.29, 0.717) is 29.5 Å². The SMILES string of the molecule is Cc1ccnc(NC(=O)CN(C)CCC(=O)Nc2ccccc2Oc2ccccc2)c1. The number of hydrogen-bond acceptors (Lipinski definition) is 5. The van der Waals surface area contributed by atoms with Crippen LogP contribution >= 0.6 is 0 Å². The molecule has 160 valence electrons. The Balaban J connectivity index is 1.47. The number of para-hydroxylation sites is 3. The molecule has 3 aromatic rings. The van der Waals surface area contributed by atoms with Gasteiger partial charge in [-0.05, 0) is 55.9 Å². The second-order valence-corrected chi connectivity index (χ2v) is 7.21. The minimum atomic E-state index is -0.178. The number of aryl methyl sites for hydroxylation is 1.